The Balaban J connectivity index is 0.894. The molecule has 0 aromatic heterocycles. The Kier molecular flexibility index (Phi) is 30.2. The molecule has 10 amide bonds. The third-order valence-corrected chi connectivity index (χ3v) is 18.1. The summed E-state index contributed by atoms with van der Waals surface area (Å²) < 4.78 is 55.9. The predicted octanol–water partition coefficient (Wildman–Crippen LogP) is 2.93. The largest absolute Gasteiger partial charge is 0.493 e. The smallest absolute Gasteiger partial charge is 0.416 e. The van der Waals surface area contributed by atoms with Gasteiger partial charge in [0.25, 0.3) is 11.8 Å². The zero-order valence-corrected chi connectivity index (χ0v) is 61.6. The van der Waals surface area contributed by atoms with Gasteiger partial charge in [0.15, 0.2) is 35.5 Å². The lowest BCUT2D eigenvalue weighted by Crippen LogP contribution is -2.53. The lowest BCUT2D eigenvalue weighted by molar-refractivity contribution is -0.132. The lowest BCUT2D eigenvalue weighted by atomic mass is 10.0. The zero-order chi connectivity index (χ0) is 77.8. The summed E-state index contributed by atoms with van der Waals surface area (Å²) in [5.41, 5.74) is 1.19. The summed E-state index contributed by atoms with van der Waals surface area (Å²) in [5.74, 6) is -4.73. The van der Waals surface area contributed by atoms with Crippen molar-refractivity contribution in [2.45, 2.75) is 148 Å². The van der Waals surface area contributed by atoms with Crippen LogP contribution < -0.4 is 60.6 Å². The number of nitrogens with one attached hydrogen (secondary N) is 6. The van der Waals surface area contributed by atoms with Gasteiger partial charge in [0.2, 0.25) is 35.4 Å². The molecule has 107 heavy (non-hydrogen) atoms. The average Bonchev–Trinajstić information content (AvgIpc) is 1.62. The summed E-state index contributed by atoms with van der Waals surface area (Å²) in [4.78, 5) is 140. The molecule has 4 aliphatic rings. The van der Waals surface area contributed by atoms with E-state index in [1.165, 1.54) is 76.4 Å². The molecule has 0 bridgehead atoms. The van der Waals surface area contributed by atoms with Crippen molar-refractivity contribution in [3.63, 3.8) is 0 Å². The number of hydrogen-bond acceptors (Lipinski definition) is 24. The number of amides is 10. The fraction of sp³-hybridized carbons (Fsp3) is 0.534. The van der Waals surface area contributed by atoms with E-state index in [9.17, 15) is 68.4 Å². The highest BCUT2D eigenvalue weighted by molar-refractivity contribution is 6.07. The van der Waals surface area contributed by atoms with Crippen molar-refractivity contribution in [2.24, 2.45) is 11.8 Å². The molecule has 0 saturated carbocycles. The van der Waals surface area contributed by atoms with Gasteiger partial charge in [-0.05, 0) is 86.1 Å². The molecule has 4 aromatic carbocycles. The summed E-state index contributed by atoms with van der Waals surface area (Å²) in [7, 11) is 5.73. The summed E-state index contributed by atoms with van der Waals surface area (Å²) in [6, 6.07) is 11.8. The van der Waals surface area contributed by atoms with Crippen LogP contribution >= 0.6 is 0 Å². The monoisotopic (exact) mass is 1500 g/mol. The molecule has 2 fully saturated rings. The van der Waals surface area contributed by atoms with E-state index in [2.05, 4.69) is 31.9 Å². The van der Waals surface area contributed by atoms with E-state index in [-0.39, 0.29) is 142 Å². The molecule has 34 nitrogen and oxygen atoms in total. The number of aliphatic hydroxyl groups excluding tert-OH is 4. The van der Waals surface area contributed by atoms with Crippen molar-refractivity contribution < 1.29 is 116 Å². The van der Waals surface area contributed by atoms with E-state index in [1.807, 2.05) is 0 Å². The fourth-order valence-electron chi connectivity index (χ4n) is 12.3. The minimum atomic E-state index is -1.73. The van der Waals surface area contributed by atoms with E-state index < -0.39 is 120 Å². The van der Waals surface area contributed by atoms with Crippen LogP contribution in [0.5, 0.6) is 23.0 Å². The minimum Gasteiger partial charge on any atom is -0.493 e. The number of aliphatic hydroxyl groups is 4. The van der Waals surface area contributed by atoms with Crippen molar-refractivity contribution in [2.75, 3.05) is 115 Å². The molecular weight excluding hydrogens is 1400 g/mol. The highest BCUT2D eigenvalue weighted by Gasteiger charge is 2.50. The van der Waals surface area contributed by atoms with Crippen LogP contribution in [0.25, 0.3) is 0 Å². The number of fused-ring (bicyclic) bond motifs is 4. The highest BCUT2D eigenvalue weighted by Crippen LogP contribution is 2.44. The van der Waals surface area contributed by atoms with Gasteiger partial charge in [-0.25, -0.2) is 19.4 Å². The van der Waals surface area contributed by atoms with Crippen LogP contribution in [-0.4, -0.2) is 245 Å². The number of anilines is 4. The van der Waals surface area contributed by atoms with Gasteiger partial charge in [-0.1, -0.05) is 52.0 Å². The molecule has 8 rings (SSSR count). The number of rotatable bonds is 36. The summed E-state index contributed by atoms with van der Waals surface area (Å²) >= 11 is 0. The van der Waals surface area contributed by atoms with Crippen LogP contribution in [0.2, 0.25) is 0 Å². The first-order valence-electron chi connectivity index (χ1n) is 35.2. The molecule has 4 heterocycles. The summed E-state index contributed by atoms with van der Waals surface area (Å²) in [6.07, 6.45) is -7.66. The van der Waals surface area contributed by atoms with E-state index in [1.54, 1.807) is 76.2 Å². The molecule has 0 radical (unpaired) electrons. The van der Waals surface area contributed by atoms with Crippen molar-refractivity contribution in [3.8, 4) is 23.0 Å². The average molecular weight is 1500 g/mol. The maximum Gasteiger partial charge on any atom is 0.416 e. The Morgan fingerprint density at radius 1 is 0.467 bits per heavy atom. The molecule has 2 saturated heterocycles. The Labute approximate surface area is 619 Å². The number of methoxy groups -OCH3 is 4. The van der Waals surface area contributed by atoms with Crippen LogP contribution in [0.4, 0.5) is 32.3 Å². The van der Waals surface area contributed by atoms with Crippen molar-refractivity contribution in [1.29, 1.82) is 0 Å². The minimum absolute atomic E-state index is 0.0185. The number of ether oxygens (including phenoxy) is 10. The summed E-state index contributed by atoms with van der Waals surface area (Å²) in [6.45, 7) is 10.4. The van der Waals surface area contributed by atoms with Gasteiger partial charge < -0.3 is 109 Å². The molecule has 10 N–H and O–H groups in total. The lowest BCUT2D eigenvalue weighted by Gasteiger charge is -2.31. The van der Waals surface area contributed by atoms with Crippen molar-refractivity contribution >= 4 is 82.2 Å². The first-order chi connectivity index (χ1) is 51.2. The second-order valence-corrected chi connectivity index (χ2v) is 26.7. The highest BCUT2D eigenvalue weighted by atomic mass is 16.6. The topological polar surface area (TPSA) is 429 Å². The molecule has 0 spiro atoms. The van der Waals surface area contributed by atoms with E-state index in [0.717, 1.165) is 9.80 Å². The van der Waals surface area contributed by atoms with Gasteiger partial charge in [0.05, 0.1) is 114 Å². The third-order valence-electron chi connectivity index (χ3n) is 18.1. The second-order valence-electron chi connectivity index (χ2n) is 26.7. The van der Waals surface area contributed by atoms with E-state index in [4.69, 9.17) is 47.4 Å². The molecule has 4 aromatic rings. The Morgan fingerprint density at radius 2 is 0.841 bits per heavy atom. The molecular formula is C73H98N10O24. The third kappa shape index (κ3) is 21.7. The van der Waals surface area contributed by atoms with E-state index >= 15 is 0 Å². The molecule has 34 heteroatoms. The summed E-state index contributed by atoms with van der Waals surface area (Å²) in [5, 5.41) is 61.6. The Morgan fingerprint density at radius 3 is 1.19 bits per heavy atom. The second kappa shape index (κ2) is 39.1. The first-order valence-corrected chi connectivity index (χ1v) is 35.2. The SMILES string of the molecule is COCCOCCC(=O)N[C@@H](C(=O)N[C@H](C)C(=O)Nc1ccc(COC(=O)N2c3cc(OCCCOc4cc5c(cc4OC)C(=O)N4C[C@@H](O)C[C@H]4[C@H](O)N5C(=O)OCc4ccc(NC(=O)[C@@H](C)NC(=O)[C@H](NC(=O)CCOCCOC)C(C)C)cc4)c(OC)cc3C(=O)N3C[C@@H](O)CC3[C@@H]2O)cc1)C(C)C. The van der Waals surface area contributed by atoms with Gasteiger partial charge in [-0.2, -0.15) is 0 Å². The number of benzene rings is 4. The van der Waals surface area contributed by atoms with Crippen molar-refractivity contribution in [3.05, 3.63) is 95.1 Å². The van der Waals surface area contributed by atoms with Crippen LogP contribution in [0.1, 0.15) is 105 Å². The van der Waals surface area contributed by atoms with Crippen LogP contribution in [0.15, 0.2) is 72.8 Å². The molecule has 0 aliphatic carbocycles. The Bertz CT molecular complexity index is 3530. The fourth-order valence-corrected chi connectivity index (χ4v) is 12.3. The van der Waals surface area contributed by atoms with Gasteiger partial charge in [0.1, 0.15) is 37.4 Å². The zero-order valence-electron chi connectivity index (χ0n) is 61.6. The van der Waals surface area contributed by atoms with Gasteiger partial charge >= 0.3 is 12.2 Å². The van der Waals surface area contributed by atoms with E-state index in [0.29, 0.717) is 48.9 Å². The predicted molar refractivity (Wildman–Crippen MR) is 383 cm³/mol. The number of carbonyl (C=O) groups is 10. The first kappa shape index (κ1) is 82.7. The quantitative estimate of drug-likeness (QED) is 0.0293. The molecule has 1 unspecified atom stereocenters. The standard InChI is InChI=1S/C73H98N10O24/c1-40(2)62(78-60(86)20-24-102-28-26-98-7)66(90)74-42(5)64(88)76-46-16-12-44(13-17-46)38-106-72(96)82-52-34-58(56(100-9)32-50(52)68(92)80-36-48(84)30-54(80)70(82)94)104-22-11-23-105-59-35-53-51(33-57(59)101-10)69(93)81-37-49(85)31-55(81)71(95)83(53)73(97)107-39-45-14-18-47(19-15-45)77-65(89)43(6)75-67(91)63(41(3)4)79-61(87)21-25-103-29-27-99-8/h12-19,32-35,40-43,48-49,54-55,62-63,70-71,84-85,94-95H,11,20-31,36-39H2,1-10H3,(H,74,90)(H,75,91)(H,76,88)(H,77,89)(H,78,86)(H,79,87)/t42-,43-,48+,49+,54+,55?,62-,63-,70+,71+/m1/s1. The Hall–Kier alpha value is -9.94. The molecule has 584 valence electrons. The molecule has 10 atom stereocenters. The van der Waals surface area contributed by atoms with Crippen LogP contribution in [0, 0.1) is 11.8 Å². The number of hydrogen-bond donors (Lipinski definition) is 10. The molecule has 4 aliphatic heterocycles. The maximum atomic E-state index is 14.4. The maximum absolute atomic E-state index is 14.4. The van der Waals surface area contributed by atoms with Crippen LogP contribution in [0.3, 0.4) is 0 Å². The van der Waals surface area contributed by atoms with Gasteiger partial charge in [0, 0.05) is 70.1 Å². The van der Waals surface area contributed by atoms with Crippen molar-refractivity contribution in [1.82, 2.24) is 31.1 Å². The van der Waals surface area contributed by atoms with Crippen LogP contribution in [-0.2, 0) is 70.4 Å². The number of nitrogens with zero attached hydrogens (tertiary/aromatic N) is 4. The number of carbonyl (C=O) groups excluding carboxylic acids is 10. The normalized spacial score (nSPS) is 19.1. The van der Waals surface area contributed by atoms with Gasteiger partial charge in [-0.15, -0.1) is 0 Å². The van der Waals surface area contributed by atoms with Gasteiger partial charge in [-0.3, -0.25) is 38.4 Å².